The van der Waals surface area contributed by atoms with E-state index in [9.17, 15) is 0 Å². The van der Waals surface area contributed by atoms with E-state index in [1.165, 1.54) is 16.7 Å². The van der Waals surface area contributed by atoms with E-state index >= 15 is 0 Å². The van der Waals surface area contributed by atoms with Crippen LogP contribution in [0.25, 0.3) is 0 Å². The van der Waals surface area contributed by atoms with Crippen LogP contribution in [0.2, 0.25) is 0 Å². The van der Waals surface area contributed by atoms with Crippen LogP contribution in [0.15, 0.2) is 53.5 Å². The SMILES string of the molecule is CN=C(NCCc1ccc(C)cc1)NCc1ccc(OC)cc1.I. The topological polar surface area (TPSA) is 45.7 Å². The molecule has 0 atom stereocenters. The van der Waals surface area contributed by atoms with Crippen LogP contribution in [0, 0.1) is 6.92 Å². The molecule has 130 valence electrons. The van der Waals surface area contributed by atoms with E-state index in [2.05, 4.69) is 46.8 Å². The molecule has 0 unspecified atom stereocenters. The second-order valence-electron chi connectivity index (χ2n) is 5.44. The van der Waals surface area contributed by atoms with Crippen molar-refractivity contribution in [3.8, 4) is 5.75 Å². The van der Waals surface area contributed by atoms with Crippen LogP contribution in [0.1, 0.15) is 16.7 Å². The quantitative estimate of drug-likeness (QED) is 0.411. The molecule has 2 aromatic carbocycles. The van der Waals surface area contributed by atoms with Gasteiger partial charge in [0, 0.05) is 20.1 Å². The van der Waals surface area contributed by atoms with Gasteiger partial charge in [-0.2, -0.15) is 0 Å². The summed E-state index contributed by atoms with van der Waals surface area (Å²) in [6.45, 7) is 3.69. The lowest BCUT2D eigenvalue weighted by atomic mass is 10.1. The molecule has 0 aliphatic heterocycles. The van der Waals surface area contributed by atoms with Gasteiger partial charge in [0.25, 0.3) is 0 Å². The van der Waals surface area contributed by atoms with Gasteiger partial charge in [-0.15, -0.1) is 24.0 Å². The third-order valence-electron chi connectivity index (χ3n) is 3.67. The zero-order valence-corrected chi connectivity index (χ0v) is 16.8. The number of nitrogens with zero attached hydrogens (tertiary/aromatic N) is 1. The van der Waals surface area contributed by atoms with E-state index < -0.39 is 0 Å². The molecule has 24 heavy (non-hydrogen) atoms. The third kappa shape index (κ3) is 6.78. The molecule has 4 nitrogen and oxygen atoms in total. The van der Waals surface area contributed by atoms with Gasteiger partial charge in [0.05, 0.1) is 7.11 Å². The number of aliphatic imine (C=N–C) groups is 1. The van der Waals surface area contributed by atoms with Crippen LogP contribution in [0.5, 0.6) is 5.75 Å². The molecule has 0 saturated carbocycles. The number of methoxy groups -OCH3 is 1. The predicted octanol–water partition coefficient (Wildman–Crippen LogP) is 3.53. The standard InChI is InChI=1S/C19H25N3O.HI/c1-15-4-6-16(7-5-15)12-13-21-19(20-2)22-14-17-8-10-18(23-3)11-9-17;/h4-11H,12-14H2,1-3H3,(H2,20,21,22);1H. The van der Waals surface area contributed by atoms with E-state index in [1.807, 2.05) is 24.3 Å². The summed E-state index contributed by atoms with van der Waals surface area (Å²) in [7, 11) is 3.46. The minimum atomic E-state index is 0. The number of hydrogen-bond acceptors (Lipinski definition) is 2. The second-order valence-corrected chi connectivity index (χ2v) is 5.44. The lowest BCUT2D eigenvalue weighted by molar-refractivity contribution is 0.414. The van der Waals surface area contributed by atoms with Gasteiger partial charge in [-0.1, -0.05) is 42.0 Å². The van der Waals surface area contributed by atoms with Crippen molar-refractivity contribution in [1.82, 2.24) is 10.6 Å². The average Bonchev–Trinajstić information content (AvgIpc) is 2.60. The molecule has 2 rings (SSSR count). The van der Waals surface area contributed by atoms with E-state index in [-0.39, 0.29) is 24.0 Å². The number of benzene rings is 2. The smallest absolute Gasteiger partial charge is 0.191 e. The van der Waals surface area contributed by atoms with Gasteiger partial charge in [-0.3, -0.25) is 4.99 Å². The average molecular weight is 439 g/mol. The zero-order chi connectivity index (χ0) is 16.5. The molecule has 2 N–H and O–H groups in total. The molecule has 5 heteroatoms. The van der Waals surface area contributed by atoms with Crippen molar-refractivity contribution in [3.63, 3.8) is 0 Å². The molecule has 0 fully saturated rings. The number of aryl methyl sites for hydroxylation is 1. The lowest BCUT2D eigenvalue weighted by Crippen LogP contribution is -2.37. The molecule has 0 bridgehead atoms. The maximum absolute atomic E-state index is 5.16. The molecule has 0 spiro atoms. The van der Waals surface area contributed by atoms with Crippen molar-refractivity contribution in [1.29, 1.82) is 0 Å². The summed E-state index contributed by atoms with van der Waals surface area (Å²) in [5, 5.41) is 6.66. The van der Waals surface area contributed by atoms with Gasteiger partial charge >= 0.3 is 0 Å². The fourth-order valence-electron chi connectivity index (χ4n) is 2.23. The van der Waals surface area contributed by atoms with Crippen molar-refractivity contribution >= 4 is 29.9 Å². The van der Waals surface area contributed by atoms with Crippen LogP contribution in [0.4, 0.5) is 0 Å². The van der Waals surface area contributed by atoms with Crippen molar-refractivity contribution in [3.05, 3.63) is 65.2 Å². The molecular formula is C19H26IN3O. The number of ether oxygens (including phenoxy) is 1. The Labute approximate surface area is 161 Å². The van der Waals surface area contributed by atoms with Gasteiger partial charge < -0.3 is 15.4 Å². The highest BCUT2D eigenvalue weighted by Gasteiger charge is 1.99. The summed E-state index contributed by atoms with van der Waals surface area (Å²) in [6, 6.07) is 16.7. The van der Waals surface area contributed by atoms with Crippen molar-refractivity contribution in [2.45, 2.75) is 19.9 Å². The number of guanidine groups is 1. The van der Waals surface area contributed by atoms with Crippen LogP contribution in [0.3, 0.4) is 0 Å². The molecule has 0 aromatic heterocycles. The Balaban J connectivity index is 0.00000288. The minimum absolute atomic E-state index is 0. The highest BCUT2D eigenvalue weighted by molar-refractivity contribution is 14.0. The van der Waals surface area contributed by atoms with Gasteiger partial charge in [0.2, 0.25) is 0 Å². The Morgan fingerprint density at radius 2 is 1.58 bits per heavy atom. The largest absolute Gasteiger partial charge is 0.497 e. The fourth-order valence-corrected chi connectivity index (χ4v) is 2.23. The molecular weight excluding hydrogens is 413 g/mol. The van der Waals surface area contributed by atoms with Gasteiger partial charge in [-0.05, 0) is 36.6 Å². The van der Waals surface area contributed by atoms with E-state index in [4.69, 9.17) is 4.74 Å². The first kappa shape index (κ1) is 20.3. The Morgan fingerprint density at radius 3 is 2.17 bits per heavy atom. The minimum Gasteiger partial charge on any atom is -0.497 e. The van der Waals surface area contributed by atoms with Gasteiger partial charge in [-0.25, -0.2) is 0 Å². The molecule has 0 aliphatic rings. The van der Waals surface area contributed by atoms with Gasteiger partial charge in [0.1, 0.15) is 5.75 Å². The first-order valence-electron chi connectivity index (χ1n) is 7.84. The van der Waals surface area contributed by atoms with E-state index in [1.54, 1.807) is 14.2 Å². The first-order valence-corrected chi connectivity index (χ1v) is 7.84. The molecule has 0 radical (unpaired) electrons. The normalized spacial score (nSPS) is 10.7. The van der Waals surface area contributed by atoms with Gasteiger partial charge in [0.15, 0.2) is 5.96 Å². The van der Waals surface area contributed by atoms with Crippen LogP contribution in [-0.4, -0.2) is 26.7 Å². The Kier molecular flexibility index (Phi) is 9.22. The molecule has 0 aliphatic carbocycles. The second kappa shape index (κ2) is 10.9. The number of rotatable bonds is 6. The first-order chi connectivity index (χ1) is 11.2. The maximum atomic E-state index is 5.16. The van der Waals surface area contributed by atoms with E-state index in [0.29, 0.717) is 0 Å². The molecule has 0 saturated heterocycles. The van der Waals surface area contributed by atoms with Crippen molar-refractivity contribution in [2.24, 2.45) is 4.99 Å². The highest BCUT2D eigenvalue weighted by atomic mass is 127. The van der Waals surface area contributed by atoms with Crippen molar-refractivity contribution < 1.29 is 4.74 Å². The zero-order valence-electron chi connectivity index (χ0n) is 14.5. The summed E-state index contributed by atoms with van der Waals surface area (Å²) >= 11 is 0. The lowest BCUT2D eigenvalue weighted by Gasteiger charge is -2.12. The highest BCUT2D eigenvalue weighted by Crippen LogP contribution is 2.10. The summed E-state index contributed by atoms with van der Waals surface area (Å²) in [6.07, 6.45) is 0.976. The molecule has 0 amide bonds. The summed E-state index contributed by atoms with van der Waals surface area (Å²) in [4.78, 5) is 4.25. The Bertz CT molecular complexity index is 624. The van der Waals surface area contributed by atoms with Crippen LogP contribution >= 0.6 is 24.0 Å². The molecule has 0 heterocycles. The monoisotopic (exact) mass is 439 g/mol. The summed E-state index contributed by atoms with van der Waals surface area (Å²) in [5.41, 5.74) is 3.81. The third-order valence-corrected chi connectivity index (χ3v) is 3.67. The Hall–Kier alpha value is -1.76. The number of hydrogen-bond donors (Lipinski definition) is 2. The van der Waals surface area contributed by atoms with Crippen LogP contribution < -0.4 is 15.4 Å². The fraction of sp³-hybridized carbons (Fsp3) is 0.316. The number of halogens is 1. The summed E-state index contributed by atoms with van der Waals surface area (Å²) < 4.78 is 5.16. The van der Waals surface area contributed by atoms with Crippen LogP contribution in [-0.2, 0) is 13.0 Å². The maximum Gasteiger partial charge on any atom is 0.191 e. The number of nitrogens with one attached hydrogen (secondary N) is 2. The Morgan fingerprint density at radius 1 is 0.958 bits per heavy atom. The van der Waals surface area contributed by atoms with E-state index in [0.717, 1.165) is 31.2 Å². The molecule has 2 aromatic rings. The van der Waals surface area contributed by atoms with Crippen molar-refractivity contribution in [2.75, 3.05) is 20.7 Å². The summed E-state index contributed by atoms with van der Waals surface area (Å²) in [5.74, 6) is 1.68. The predicted molar refractivity (Wildman–Crippen MR) is 111 cm³/mol.